The number of carbonyl (C=O) groups excluding carboxylic acids is 2. The molecule has 5 rings (SSSR count). The van der Waals surface area contributed by atoms with Crippen LogP contribution in [0.25, 0.3) is 0 Å². The Morgan fingerprint density at radius 2 is 1.97 bits per heavy atom. The molecule has 4 unspecified atom stereocenters. The van der Waals surface area contributed by atoms with Crippen molar-refractivity contribution >= 4 is 29.9 Å². The molecule has 0 aromatic heterocycles. The average molecular weight is 451 g/mol. The maximum atomic E-state index is 13.6. The largest absolute Gasteiger partial charge is 0.460 e. The summed E-state index contributed by atoms with van der Waals surface area (Å²) >= 11 is 1.60. The van der Waals surface area contributed by atoms with Gasteiger partial charge in [0.1, 0.15) is 11.9 Å². The molecule has 1 amide bonds. The number of benzene rings is 1. The molecule has 1 aromatic carbocycles. The third-order valence-corrected chi connectivity index (χ3v) is 9.08. The molecule has 1 aromatic rings. The van der Waals surface area contributed by atoms with Crippen LogP contribution < -0.4 is 5.32 Å². The standard InChI is InChI=1S/C26H30N2O3S/c29-24(28-19-11-5-2-6-12-19)22-20-14-16-27-21-13-7-8-15-26(20,21)32-23(22)25(30)31-17-18-9-3-1-4-10-18/h1,3-4,7-10,13,16,19-20,22-23H,2,5-6,11-12,14-15,17H2,(H,28,29). The van der Waals surface area contributed by atoms with E-state index in [4.69, 9.17) is 4.74 Å². The number of allylic oxidation sites excluding steroid dienone is 3. The van der Waals surface area contributed by atoms with Crippen molar-refractivity contribution in [3.63, 3.8) is 0 Å². The van der Waals surface area contributed by atoms with Gasteiger partial charge >= 0.3 is 5.97 Å². The molecular formula is C26H30N2O3S. The fraction of sp³-hybridized carbons (Fsp3) is 0.500. The molecule has 1 N–H and O–H groups in total. The zero-order valence-corrected chi connectivity index (χ0v) is 19.1. The highest BCUT2D eigenvalue weighted by Crippen LogP contribution is 2.60. The zero-order chi connectivity index (χ0) is 22.0. The summed E-state index contributed by atoms with van der Waals surface area (Å²) in [5, 5.41) is 2.78. The summed E-state index contributed by atoms with van der Waals surface area (Å²) in [5.74, 6) is -0.650. The Balaban J connectivity index is 1.39. The number of hydrogen-bond acceptors (Lipinski definition) is 5. The van der Waals surface area contributed by atoms with Crippen LogP contribution in [0.1, 0.15) is 50.5 Å². The summed E-state index contributed by atoms with van der Waals surface area (Å²) in [5.41, 5.74) is 1.93. The highest BCUT2D eigenvalue weighted by molar-refractivity contribution is 8.02. The van der Waals surface area contributed by atoms with E-state index >= 15 is 0 Å². The van der Waals surface area contributed by atoms with Crippen molar-refractivity contribution < 1.29 is 14.3 Å². The van der Waals surface area contributed by atoms with Gasteiger partial charge in [-0.3, -0.25) is 14.6 Å². The number of hydrogen-bond donors (Lipinski definition) is 1. The number of esters is 1. The van der Waals surface area contributed by atoms with Gasteiger partial charge in [0.05, 0.1) is 16.4 Å². The first-order chi connectivity index (χ1) is 15.7. The van der Waals surface area contributed by atoms with Crippen LogP contribution in [0, 0.1) is 11.8 Å². The van der Waals surface area contributed by atoms with Crippen LogP contribution in [-0.2, 0) is 20.9 Å². The molecule has 6 heteroatoms. The number of rotatable bonds is 5. The van der Waals surface area contributed by atoms with Gasteiger partial charge in [0.15, 0.2) is 0 Å². The van der Waals surface area contributed by atoms with E-state index in [9.17, 15) is 9.59 Å². The number of amides is 1. The van der Waals surface area contributed by atoms with E-state index in [1.807, 2.05) is 48.7 Å². The van der Waals surface area contributed by atoms with Crippen LogP contribution in [-0.4, -0.2) is 34.1 Å². The normalized spacial score (nSPS) is 31.4. The zero-order valence-electron chi connectivity index (χ0n) is 18.2. The monoisotopic (exact) mass is 450 g/mol. The molecule has 5 nitrogen and oxygen atoms in total. The van der Waals surface area contributed by atoms with Crippen LogP contribution in [0.2, 0.25) is 0 Å². The molecule has 1 saturated carbocycles. The Bertz CT molecular complexity index is 951. The van der Waals surface area contributed by atoms with Crippen molar-refractivity contribution in [2.75, 3.05) is 0 Å². The van der Waals surface area contributed by atoms with Gasteiger partial charge in [0, 0.05) is 12.3 Å². The van der Waals surface area contributed by atoms with E-state index < -0.39 is 11.2 Å². The summed E-state index contributed by atoms with van der Waals surface area (Å²) < 4.78 is 5.42. The van der Waals surface area contributed by atoms with Crippen LogP contribution in [0.5, 0.6) is 0 Å². The quantitative estimate of drug-likeness (QED) is 0.667. The summed E-state index contributed by atoms with van der Waals surface area (Å²) in [6.45, 7) is 0.227. The molecule has 2 aliphatic heterocycles. The minimum Gasteiger partial charge on any atom is -0.460 e. The lowest BCUT2D eigenvalue weighted by Crippen LogP contribution is -2.48. The molecule has 2 heterocycles. The van der Waals surface area contributed by atoms with Gasteiger partial charge in [-0.2, -0.15) is 0 Å². The third-order valence-electron chi connectivity index (χ3n) is 7.24. The topological polar surface area (TPSA) is 67.8 Å². The van der Waals surface area contributed by atoms with Crippen molar-refractivity contribution in [3.05, 3.63) is 59.8 Å². The summed E-state index contributed by atoms with van der Waals surface area (Å²) in [4.78, 5) is 31.6. The number of thioether (sulfide) groups is 1. The van der Waals surface area contributed by atoms with Crippen LogP contribution in [0.4, 0.5) is 0 Å². The predicted molar refractivity (Wildman–Crippen MR) is 127 cm³/mol. The Kier molecular flexibility index (Phi) is 6.22. The Morgan fingerprint density at radius 3 is 2.78 bits per heavy atom. The molecule has 32 heavy (non-hydrogen) atoms. The van der Waals surface area contributed by atoms with Crippen LogP contribution in [0.3, 0.4) is 0 Å². The van der Waals surface area contributed by atoms with E-state index in [2.05, 4.69) is 16.4 Å². The van der Waals surface area contributed by atoms with Crippen molar-refractivity contribution in [1.29, 1.82) is 0 Å². The van der Waals surface area contributed by atoms with Crippen molar-refractivity contribution in [1.82, 2.24) is 5.32 Å². The fourth-order valence-electron chi connectivity index (χ4n) is 5.61. The maximum Gasteiger partial charge on any atom is 0.320 e. The summed E-state index contributed by atoms with van der Waals surface area (Å²) in [7, 11) is 0. The minimum atomic E-state index is -0.524. The van der Waals surface area contributed by atoms with Crippen LogP contribution >= 0.6 is 11.8 Å². The molecular weight excluding hydrogens is 420 g/mol. The number of ether oxygens (including phenoxy) is 1. The number of aliphatic imine (C=N–C) groups is 1. The summed E-state index contributed by atoms with van der Waals surface area (Å²) in [6.07, 6.45) is 15.2. The van der Waals surface area contributed by atoms with Gasteiger partial charge in [-0.05, 0) is 43.2 Å². The lowest BCUT2D eigenvalue weighted by Gasteiger charge is -2.39. The lowest BCUT2D eigenvalue weighted by atomic mass is 9.72. The molecule has 1 spiro atoms. The molecule has 4 atom stereocenters. The number of nitrogens with zero attached hydrogens (tertiary/aromatic N) is 1. The van der Waals surface area contributed by atoms with E-state index in [1.165, 1.54) is 6.42 Å². The molecule has 0 bridgehead atoms. The maximum absolute atomic E-state index is 13.6. The van der Waals surface area contributed by atoms with Crippen molar-refractivity contribution in [2.45, 2.75) is 67.6 Å². The first kappa shape index (κ1) is 21.5. The minimum absolute atomic E-state index is 0.0112. The van der Waals surface area contributed by atoms with E-state index in [1.54, 1.807) is 11.8 Å². The molecule has 168 valence electrons. The SMILES string of the molecule is O=C(OCc1ccccc1)C1SC23CC=CC=C2N=CCC3C1C(=O)NC1CCCCC1. The van der Waals surface area contributed by atoms with E-state index in [0.29, 0.717) is 6.42 Å². The highest BCUT2D eigenvalue weighted by atomic mass is 32.2. The second kappa shape index (κ2) is 9.26. The predicted octanol–water partition coefficient (Wildman–Crippen LogP) is 4.58. The summed E-state index contributed by atoms with van der Waals surface area (Å²) in [6, 6.07) is 9.92. The van der Waals surface area contributed by atoms with Crippen molar-refractivity contribution in [3.8, 4) is 0 Å². The second-order valence-electron chi connectivity index (χ2n) is 9.23. The van der Waals surface area contributed by atoms with Crippen molar-refractivity contribution in [2.24, 2.45) is 16.8 Å². The Hall–Kier alpha value is -2.34. The van der Waals surface area contributed by atoms with Crippen LogP contribution in [0.15, 0.2) is 59.2 Å². The third kappa shape index (κ3) is 4.05. The Labute approximate surface area is 193 Å². The Morgan fingerprint density at radius 1 is 1.16 bits per heavy atom. The first-order valence-electron chi connectivity index (χ1n) is 11.8. The molecule has 4 aliphatic rings. The average Bonchev–Trinajstić information content (AvgIpc) is 3.18. The van der Waals surface area contributed by atoms with Gasteiger partial charge in [-0.1, -0.05) is 61.7 Å². The van der Waals surface area contributed by atoms with Gasteiger partial charge in [0.25, 0.3) is 0 Å². The molecule has 1 saturated heterocycles. The molecule has 2 aliphatic carbocycles. The number of nitrogens with one attached hydrogen (secondary N) is 1. The van der Waals surface area contributed by atoms with Gasteiger partial charge < -0.3 is 10.1 Å². The van der Waals surface area contributed by atoms with E-state index in [-0.39, 0.29) is 35.2 Å². The molecule has 0 radical (unpaired) electrons. The lowest BCUT2D eigenvalue weighted by molar-refractivity contribution is -0.147. The highest BCUT2D eigenvalue weighted by Gasteiger charge is 2.61. The number of carbonyl (C=O) groups is 2. The smallest absolute Gasteiger partial charge is 0.320 e. The second-order valence-corrected chi connectivity index (χ2v) is 10.7. The molecule has 2 fully saturated rings. The van der Waals surface area contributed by atoms with Gasteiger partial charge in [-0.25, -0.2) is 0 Å². The van der Waals surface area contributed by atoms with E-state index in [0.717, 1.165) is 43.4 Å². The van der Waals surface area contributed by atoms with Gasteiger partial charge in [0.2, 0.25) is 5.91 Å². The van der Waals surface area contributed by atoms with Gasteiger partial charge in [-0.15, -0.1) is 11.8 Å². The first-order valence-corrected chi connectivity index (χ1v) is 12.6. The fourth-order valence-corrected chi connectivity index (χ4v) is 7.54.